The largest absolute Gasteiger partial charge is 0.352 e. The molecule has 0 aromatic heterocycles. The van der Waals surface area contributed by atoms with Crippen LogP contribution < -0.4 is 9.62 Å². The molecule has 5 aliphatic carbocycles. The Bertz CT molecular complexity index is 1490. The third-order valence-electron chi connectivity index (χ3n) is 10.9. The van der Waals surface area contributed by atoms with Gasteiger partial charge in [-0.05, 0) is 116 Å². The smallest absolute Gasteiger partial charge is 0.244 e. The van der Waals surface area contributed by atoms with Gasteiger partial charge in [0.25, 0.3) is 0 Å². The van der Waals surface area contributed by atoms with Gasteiger partial charge in [0.2, 0.25) is 21.8 Å². The van der Waals surface area contributed by atoms with E-state index in [-0.39, 0.29) is 23.9 Å². The Kier molecular flexibility index (Phi) is 9.48. The summed E-state index contributed by atoms with van der Waals surface area (Å²) < 4.78 is 27.5. The zero-order valence-electron chi connectivity index (χ0n) is 26.3. The predicted octanol–water partition coefficient (Wildman–Crippen LogP) is 7.09. The van der Waals surface area contributed by atoms with E-state index in [1.165, 1.54) is 49.0 Å². The van der Waals surface area contributed by atoms with Gasteiger partial charge in [-0.25, -0.2) is 8.42 Å². The van der Waals surface area contributed by atoms with Crippen molar-refractivity contribution in [2.45, 2.75) is 102 Å². The van der Waals surface area contributed by atoms with E-state index in [4.69, 9.17) is 23.2 Å². The van der Waals surface area contributed by atoms with E-state index < -0.39 is 28.5 Å². The predicted molar refractivity (Wildman–Crippen MR) is 180 cm³/mol. The normalized spacial score (nSPS) is 26.5. The summed E-state index contributed by atoms with van der Waals surface area (Å²) in [4.78, 5) is 29.2. The van der Waals surface area contributed by atoms with Gasteiger partial charge in [-0.15, -0.1) is 0 Å². The van der Waals surface area contributed by atoms with E-state index in [0.717, 1.165) is 54.0 Å². The lowest BCUT2D eigenvalue weighted by Crippen LogP contribution is -2.53. The molecule has 10 heteroatoms. The second-order valence-corrected chi connectivity index (χ2v) is 16.9. The standard InChI is InChI=1S/C35H45Cl2N3O4S/c1-3-32(34(42)38-29-6-4-5-7-29)39(21-26-8-11-28(36)17-31(26)37)33(41)22-40(45(2,43)44)30-12-9-27(10-13-30)35-18-23-14-24(19-35)16-25(15-23)20-35/h8-13,17,23-25,29,32H,3-7,14-16,18-22H2,1-2H3,(H,38,42). The van der Waals surface area contributed by atoms with Crippen molar-refractivity contribution < 1.29 is 18.0 Å². The summed E-state index contributed by atoms with van der Waals surface area (Å²) >= 11 is 12.6. The van der Waals surface area contributed by atoms with Gasteiger partial charge in [0, 0.05) is 22.6 Å². The molecule has 7 nitrogen and oxygen atoms in total. The molecule has 5 aliphatic rings. The molecule has 5 saturated carbocycles. The maximum Gasteiger partial charge on any atom is 0.244 e. The highest BCUT2D eigenvalue weighted by molar-refractivity contribution is 7.92. The van der Waals surface area contributed by atoms with Crippen LogP contribution in [-0.4, -0.2) is 50.0 Å². The van der Waals surface area contributed by atoms with Crippen LogP contribution in [0.1, 0.15) is 88.7 Å². The van der Waals surface area contributed by atoms with Crippen LogP contribution >= 0.6 is 23.2 Å². The van der Waals surface area contributed by atoms with Crippen molar-refractivity contribution in [3.05, 3.63) is 63.6 Å². The number of rotatable bonds is 11. The highest BCUT2D eigenvalue weighted by Crippen LogP contribution is 2.60. The quantitative estimate of drug-likeness (QED) is 0.276. The highest BCUT2D eigenvalue weighted by Gasteiger charge is 2.51. The Morgan fingerprint density at radius 1 is 0.956 bits per heavy atom. The molecule has 45 heavy (non-hydrogen) atoms. The first-order chi connectivity index (χ1) is 21.4. The average Bonchev–Trinajstić information content (AvgIpc) is 3.48. The number of amides is 2. The third kappa shape index (κ3) is 7.03. The first-order valence-electron chi connectivity index (χ1n) is 16.6. The molecule has 5 fully saturated rings. The van der Waals surface area contributed by atoms with Crippen molar-refractivity contribution in [2.75, 3.05) is 17.1 Å². The average molecular weight is 675 g/mol. The maximum absolute atomic E-state index is 14.2. The van der Waals surface area contributed by atoms with Gasteiger partial charge in [0.15, 0.2) is 0 Å². The molecule has 0 saturated heterocycles. The number of halogens is 2. The van der Waals surface area contributed by atoms with Crippen LogP contribution in [0.4, 0.5) is 5.69 Å². The summed E-state index contributed by atoms with van der Waals surface area (Å²) in [6, 6.07) is 12.2. The monoisotopic (exact) mass is 673 g/mol. The summed E-state index contributed by atoms with van der Waals surface area (Å²) in [6.45, 7) is 1.49. The molecule has 0 spiro atoms. The van der Waals surface area contributed by atoms with E-state index >= 15 is 0 Å². The molecular weight excluding hydrogens is 629 g/mol. The van der Waals surface area contributed by atoms with Crippen molar-refractivity contribution in [3.8, 4) is 0 Å². The van der Waals surface area contributed by atoms with E-state index in [0.29, 0.717) is 27.7 Å². The van der Waals surface area contributed by atoms with E-state index in [1.807, 2.05) is 19.1 Å². The van der Waals surface area contributed by atoms with E-state index in [9.17, 15) is 18.0 Å². The molecule has 0 radical (unpaired) electrons. The Morgan fingerprint density at radius 2 is 1.56 bits per heavy atom. The van der Waals surface area contributed by atoms with Gasteiger partial charge in [-0.3, -0.25) is 13.9 Å². The number of benzene rings is 2. The Balaban J connectivity index is 1.26. The molecule has 244 valence electrons. The van der Waals surface area contributed by atoms with Gasteiger partial charge < -0.3 is 10.2 Å². The molecule has 2 aromatic rings. The van der Waals surface area contributed by atoms with Crippen molar-refractivity contribution in [1.82, 2.24) is 10.2 Å². The van der Waals surface area contributed by atoms with Gasteiger partial charge in [-0.1, -0.05) is 61.2 Å². The van der Waals surface area contributed by atoms with Crippen molar-refractivity contribution in [3.63, 3.8) is 0 Å². The zero-order valence-corrected chi connectivity index (χ0v) is 28.6. The molecule has 1 unspecified atom stereocenters. The lowest BCUT2D eigenvalue weighted by molar-refractivity contribution is -0.140. The van der Waals surface area contributed by atoms with Crippen LogP contribution in [0.25, 0.3) is 0 Å². The highest BCUT2D eigenvalue weighted by atomic mass is 35.5. The van der Waals surface area contributed by atoms with Crippen molar-refractivity contribution >= 4 is 50.7 Å². The number of hydrogen-bond donors (Lipinski definition) is 1. The minimum atomic E-state index is -3.82. The summed E-state index contributed by atoms with van der Waals surface area (Å²) in [6.07, 6.45) is 13.2. The SMILES string of the molecule is CCC(C(=O)NC1CCCC1)N(Cc1ccc(Cl)cc1Cl)C(=O)CN(c1ccc(C23CC4CC(CC(C4)C2)C3)cc1)S(C)(=O)=O. The Morgan fingerprint density at radius 3 is 2.09 bits per heavy atom. The third-order valence-corrected chi connectivity index (χ3v) is 12.7. The second-order valence-electron chi connectivity index (χ2n) is 14.2. The lowest BCUT2D eigenvalue weighted by Gasteiger charge is -2.57. The summed E-state index contributed by atoms with van der Waals surface area (Å²) in [5.41, 5.74) is 2.56. The molecular formula is C35H45Cl2N3O4S. The first-order valence-corrected chi connectivity index (χ1v) is 19.2. The van der Waals surface area contributed by atoms with Gasteiger partial charge in [0.1, 0.15) is 12.6 Å². The molecule has 1 N–H and O–H groups in total. The minimum Gasteiger partial charge on any atom is -0.352 e. The lowest BCUT2D eigenvalue weighted by atomic mass is 9.48. The molecule has 0 heterocycles. The molecule has 4 bridgehead atoms. The minimum absolute atomic E-state index is 0.0496. The van der Waals surface area contributed by atoms with Gasteiger partial charge in [-0.2, -0.15) is 0 Å². The maximum atomic E-state index is 14.2. The molecule has 1 atom stereocenters. The Hall–Kier alpha value is -2.29. The van der Waals surface area contributed by atoms with E-state index in [1.54, 1.807) is 18.2 Å². The van der Waals surface area contributed by atoms with Crippen LogP contribution in [0.5, 0.6) is 0 Å². The van der Waals surface area contributed by atoms with Crippen LogP contribution in [0.15, 0.2) is 42.5 Å². The van der Waals surface area contributed by atoms with Crippen LogP contribution in [0.2, 0.25) is 10.0 Å². The topological polar surface area (TPSA) is 86.8 Å². The van der Waals surface area contributed by atoms with Crippen LogP contribution in [0, 0.1) is 17.8 Å². The fraction of sp³-hybridized carbons (Fsp3) is 0.600. The first kappa shape index (κ1) is 32.6. The van der Waals surface area contributed by atoms with Crippen molar-refractivity contribution in [1.29, 1.82) is 0 Å². The summed E-state index contributed by atoms with van der Waals surface area (Å²) in [5.74, 6) is 1.72. The van der Waals surface area contributed by atoms with Crippen LogP contribution in [-0.2, 0) is 31.6 Å². The summed E-state index contributed by atoms with van der Waals surface area (Å²) in [7, 11) is -3.82. The molecule has 7 rings (SSSR count). The molecule has 0 aliphatic heterocycles. The van der Waals surface area contributed by atoms with Crippen LogP contribution in [0.3, 0.4) is 0 Å². The van der Waals surface area contributed by atoms with Crippen molar-refractivity contribution in [2.24, 2.45) is 17.8 Å². The number of carbonyl (C=O) groups excluding carboxylic acids is 2. The fourth-order valence-corrected chi connectivity index (χ4v) is 10.5. The van der Waals surface area contributed by atoms with E-state index in [2.05, 4.69) is 17.4 Å². The fourth-order valence-electron chi connectivity index (χ4n) is 9.18. The number of hydrogen-bond acceptors (Lipinski definition) is 4. The zero-order chi connectivity index (χ0) is 31.9. The number of nitrogens with one attached hydrogen (secondary N) is 1. The molecule has 2 amide bonds. The number of nitrogens with zero attached hydrogens (tertiary/aromatic N) is 2. The second kappa shape index (κ2) is 13.1. The van der Waals surface area contributed by atoms with Gasteiger partial charge in [0.05, 0.1) is 11.9 Å². The molecule has 2 aromatic carbocycles. The summed E-state index contributed by atoms with van der Waals surface area (Å²) in [5, 5.41) is 3.98. The van der Waals surface area contributed by atoms with Gasteiger partial charge >= 0.3 is 0 Å². The number of anilines is 1. The Labute approximate surface area is 278 Å². The number of carbonyl (C=O) groups is 2. The number of sulfonamides is 1.